The molecule has 1 saturated heterocycles. The molecule has 2 aromatic heterocycles. The Balaban J connectivity index is 1.30. The van der Waals surface area contributed by atoms with E-state index in [0.29, 0.717) is 18.1 Å². The molecule has 0 bridgehead atoms. The van der Waals surface area contributed by atoms with E-state index >= 15 is 0 Å². The molecule has 212 valence electrons. The molecule has 0 aliphatic carbocycles. The van der Waals surface area contributed by atoms with Crippen LogP contribution in [0.2, 0.25) is 0 Å². The van der Waals surface area contributed by atoms with Crippen LogP contribution in [-0.4, -0.2) is 32.0 Å². The monoisotopic (exact) mass is 573 g/mol. The predicted octanol–water partition coefficient (Wildman–Crippen LogP) is 7.21. The maximum atomic E-state index is 13.3. The Bertz CT molecular complexity index is 1740. The van der Waals surface area contributed by atoms with Crippen molar-refractivity contribution < 1.29 is 4.79 Å². The number of amides is 1. The van der Waals surface area contributed by atoms with Gasteiger partial charge in [0.05, 0.1) is 17.8 Å². The zero-order chi connectivity index (χ0) is 29.2. The van der Waals surface area contributed by atoms with E-state index in [1.807, 2.05) is 54.7 Å². The number of nitrogens with one attached hydrogen (secondary N) is 2. The molecule has 6 nitrogen and oxygen atoms in total. The van der Waals surface area contributed by atoms with Gasteiger partial charge in [0.1, 0.15) is 0 Å². The van der Waals surface area contributed by atoms with Crippen LogP contribution in [0.5, 0.6) is 0 Å². The summed E-state index contributed by atoms with van der Waals surface area (Å²) in [5, 5.41) is 9.41. The number of rotatable bonds is 8. The van der Waals surface area contributed by atoms with E-state index in [0.717, 1.165) is 45.6 Å². The number of fused-ring (bicyclic) bond motifs is 1. The lowest BCUT2D eigenvalue weighted by molar-refractivity contribution is -0.116. The van der Waals surface area contributed by atoms with Crippen molar-refractivity contribution in [3.63, 3.8) is 0 Å². The minimum absolute atomic E-state index is 0.0457. The number of thiocarbonyl (C=S) groups is 1. The summed E-state index contributed by atoms with van der Waals surface area (Å²) in [4.78, 5) is 20.1. The Morgan fingerprint density at radius 2 is 1.74 bits per heavy atom. The minimum Gasteiger partial charge on any atom is -0.352 e. The fraction of sp³-hybridized carbons (Fsp3) is 0.229. The Kier molecular flexibility index (Phi) is 7.76. The van der Waals surface area contributed by atoms with E-state index in [4.69, 9.17) is 12.2 Å². The van der Waals surface area contributed by atoms with Crippen molar-refractivity contribution in [1.29, 1.82) is 0 Å². The highest BCUT2D eigenvalue weighted by Gasteiger charge is 2.41. The van der Waals surface area contributed by atoms with Gasteiger partial charge in [-0.25, -0.2) is 0 Å². The number of carbonyl (C=O) groups is 1. The van der Waals surface area contributed by atoms with Crippen molar-refractivity contribution in [1.82, 2.24) is 19.8 Å². The Morgan fingerprint density at radius 1 is 0.976 bits per heavy atom. The number of aryl methyl sites for hydroxylation is 2. The molecule has 2 atom stereocenters. The van der Waals surface area contributed by atoms with Gasteiger partial charge in [-0.2, -0.15) is 0 Å². The Morgan fingerprint density at radius 3 is 2.50 bits per heavy atom. The average molecular weight is 574 g/mol. The highest BCUT2D eigenvalue weighted by molar-refractivity contribution is 7.80. The lowest BCUT2D eigenvalue weighted by Gasteiger charge is -2.28. The van der Waals surface area contributed by atoms with Crippen LogP contribution in [0.15, 0.2) is 97.2 Å². The third kappa shape index (κ3) is 5.28. The topological polar surface area (TPSA) is 62.2 Å². The van der Waals surface area contributed by atoms with E-state index in [2.05, 4.69) is 88.3 Å². The maximum absolute atomic E-state index is 13.3. The summed E-state index contributed by atoms with van der Waals surface area (Å²) in [6.45, 7) is 6.95. The molecule has 2 N–H and O–H groups in total. The second kappa shape index (κ2) is 11.8. The van der Waals surface area contributed by atoms with Crippen LogP contribution >= 0.6 is 12.2 Å². The van der Waals surface area contributed by atoms with Gasteiger partial charge in [0.15, 0.2) is 5.11 Å². The van der Waals surface area contributed by atoms with Gasteiger partial charge in [0, 0.05) is 47.3 Å². The van der Waals surface area contributed by atoms with E-state index in [9.17, 15) is 4.79 Å². The molecule has 1 fully saturated rings. The van der Waals surface area contributed by atoms with E-state index < -0.39 is 0 Å². The lowest BCUT2D eigenvalue weighted by atomic mass is 9.96. The van der Waals surface area contributed by atoms with Gasteiger partial charge in [-0.15, -0.1) is 0 Å². The summed E-state index contributed by atoms with van der Waals surface area (Å²) in [7, 11) is 0. The molecule has 1 aliphatic heterocycles. The molecule has 3 heterocycles. The standard InChI is InChI=1S/C35H35N5OS/c1-4-25-15-17-27(18-16-25)40-23(2)22-29(24(40)3)34-33(31-13-7-8-20-36-31)38-35(42)39(34)21-19-32(41)37-30-14-9-11-26-10-5-6-12-28(26)30/h5-18,20,22,33-34H,4,19,21H2,1-3H3,(H,37,41)(H,38,42)/t33-,34-/m1/s1. The van der Waals surface area contributed by atoms with Crippen LogP contribution in [0.25, 0.3) is 16.5 Å². The number of carbonyl (C=O) groups excluding carboxylic acids is 1. The molecule has 0 spiro atoms. The van der Waals surface area contributed by atoms with Gasteiger partial charge in [-0.05, 0) is 85.4 Å². The number of hydrogen-bond acceptors (Lipinski definition) is 3. The van der Waals surface area contributed by atoms with E-state index in [1.54, 1.807) is 0 Å². The van der Waals surface area contributed by atoms with Gasteiger partial charge in [-0.1, -0.05) is 61.5 Å². The molecule has 0 radical (unpaired) electrons. The molecule has 6 rings (SSSR count). The van der Waals surface area contributed by atoms with Crippen molar-refractivity contribution in [3.8, 4) is 5.69 Å². The number of nitrogens with zero attached hydrogens (tertiary/aromatic N) is 3. The summed E-state index contributed by atoms with van der Waals surface area (Å²) in [6.07, 6.45) is 3.12. The first-order valence-corrected chi connectivity index (χ1v) is 14.9. The zero-order valence-electron chi connectivity index (χ0n) is 24.2. The largest absolute Gasteiger partial charge is 0.352 e. The van der Waals surface area contributed by atoms with Crippen molar-refractivity contribution in [2.24, 2.45) is 0 Å². The van der Waals surface area contributed by atoms with Gasteiger partial charge in [-0.3, -0.25) is 9.78 Å². The Hall–Kier alpha value is -4.49. The molecular formula is C35H35N5OS. The third-order valence-corrected chi connectivity index (χ3v) is 8.59. The first-order valence-electron chi connectivity index (χ1n) is 14.5. The van der Waals surface area contributed by atoms with Crippen LogP contribution in [0.3, 0.4) is 0 Å². The maximum Gasteiger partial charge on any atom is 0.226 e. The van der Waals surface area contributed by atoms with Gasteiger partial charge in [0.2, 0.25) is 5.91 Å². The molecule has 5 aromatic rings. The number of hydrogen-bond donors (Lipinski definition) is 2. The van der Waals surface area contributed by atoms with Gasteiger partial charge >= 0.3 is 0 Å². The van der Waals surface area contributed by atoms with Crippen molar-refractivity contribution in [3.05, 3.63) is 125 Å². The van der Waals surface area contributed by atoms with Crippen LogP contribution in [0, 0.1) is 13.8 Å². The summed E-state index contributed by atoms with van der Waals surface area (Å²) >= 11 is 5.89. The first-order chi connectivity index (χ1) is 20.4. The Labute approximate surface area is 252 Å². The number of aromatic nitrogens is 2. The van der Waals surface area contributed by atoms with E-state index in [-0.39, 0.29) is 18.0 Å². The summed E-state index contributed by atoms with van der Waals surface area (Å²) < 4.78 is 2.30. The van der Waals surface area contributed by atoms with Gasteiger partial charge < -0.3 is 20.1 Å². The molecule has 0 saturated carbocycles. The SMILES string of the molecule is CCc1ccc(-n2c(C)cc([C@@H]3[C@@H](c4ccccn4)NC(=S)N3CCC(=O)Nc3cccc4ccccc34)c2C)cc1. The summed E-state index contributed by atoms with van der Waals surface area (Å²) in [6, 6.07) is 30.8. The molecule has 1 amide bonds. The molecule has 42 heavy (non-hydrogen) atoms. The summed E-state index contributed by atoms with van der Waals surface area (Å²) in [5.74, 6) is -0.0457. The molecule has 0 unspecified atom stereocenters. The minimum atomic E-state index is -0.142. The first kappa shape index (κ1) is 27.7. The molecule has 1 aliphatic rings. The average Bonchev–Trinajstić information content (AvgIpc) is 3.50. The van der Waals surface area contributed by atoms with Crippen molar-refractivity contribution in [2.75, 3.05) is 11.9 Å². The smallest absolute Gasteiger partial charge is 0.226 e. The number of anilines is 1. The van der Waals surface area contributed by atoms with Crippen molar-refractivity contribution >= 4 is 39.7 Å². The zero-order valence-corrected chi connectivity index (χ0v) is 25.0. The van der Waals surface area contributed by atoms with Crippen molar-refractivity contribution in [2.45, 2.75) is 45.7 Å². The number of pyridine rings is 1. The molecular weight excluding hydrogens is 538 g/mol. The fourth-order valence-electron chi connectivity index (χ4n) is 6.12. The summed E-state index contributed by atoms with van der Waals surface area (Å²) in [5.41, 5.74) is 7.67. The van der Waals surface area contributed by atoms with Gasteiger partial charge in [0.25, 0.3) is 0 Å². The predicted molar refractivity (Wildman–Crippen MR) is 174 cm³/mol. The van der Waals surface area contributed by atoms with Crippen LogP contribution < -0.4 is 10.6 Å². The second-order valence-corrected chi connectivity index (χ2v) is 11.2. The number of benzene rings is 3. The molecule has 3 aromatic carbocycles. The van der Waals surface area contributed by atoms with Crippen LogP contribution in [0.1, 0.15) is 53.6 Å². The fourth-order valence-corrected chi connectivity index (χ4v) is 6.45. The molecule has 7 heteroatoms. The normalized spacial score (nSPS) is 16.5. The van der Waals surface area contributed by atoms with Crippen LogP contribution in [-0.2, 0) is 11.2 Å². The highest BCUT2D eigenvalue weighted by atomic mass is 32.1. The third-order valence-electron chi connectivity index (χ3n) is 8.23. The van der Waals surface area contributed by atoms with E-state index in [1.165, 1.54) is 11.1 Å². The quantitative estimate of drug-likeness (QED) is 0.192. The highest BCUT2D eigenvalue weighted by Crippen LogP contribution is 2.41. The van der Waals surface area contributed by atoms with Crippen LogP contribution in [0.4, 0.5) is 5.69 Å². The second-order valence-electron chi connectivity index (χ2n) is 10.8. The lowest BCUT2D eigenvalue weighted by Crippen LogP contribution is -2.33.